The number of alkyl halides is 3. The lowest BCUT2D eigenvalue weighted by Crippen LogP contribution is -2.06. The van der Waals surface area contributed by atoms with E-state index in [9.17, 15) is 13.2 Å². The number of nitrogens with two attached hydrogens (primary N) is 1. The van der Waals surface area contributed by atoms with Gasteiger partial charge in [0.2, 0.25) is 0 Å². The second-order valence-corrected chi connectivity index (χ2v) is 4.17. The molecule has 0 saturated carbocycles. The van der Waals surface area contributed by atoms with Crippen molar-refractivity contribution in [2.45, 2.75) is 6.18 Å². The smallest absolute Gasteiger partial charge is 0.384 e. The van der Waals surface area contributed by atoms with Crippen LogP contribution in [0.1, 0.15) is 5.56 Å². The highest BCUT2D eigenvalue weighted by Crippen LogP contribution is 2.34. The second-order valence-electron chi connectivity index (χ2n) is 3.77. The van der Waals surface area contributed by atoms with Gasteiger partial charge in [0.1, 0.15) is 11.6 Å². The van der Waals surface area contributed by atoms with Crippen LogP contribution in [0.25, 0.3) is 0 Å². The third-order valence-electron chi connectivity index (χ3n) is 2.33. The molecule has 0 fully saturated rings. The van der Waals surface area contributed by atoms with E-state index < -0.39 is 11.7 Å². The van der Waals surface area contributed by atoms with E-state index >= 15 is 0 Å². The topological polar surface area (TPSA) is 50.9 Å². The molecule has 0 aliphatic rings. The fourth-order valence-electron chi connectivity index (χ4n) is 1.46. The normalized spacial score (nSPS) is 11.4. The third-order valence-corrected chi connectivity index (χ3v) is 2.66. The quantitative estimate of drug-likeness (QED) is 0.875. The van der Waals surface area contributed by atoms with Crippen LogP contribution in [0.4, 0.5) is 30.5 Å². The zero-order valence-corrected chi connectivity index (χ0v) is 10.3. The second kappa shape index (κ2) is 4.97. The van der Waals surface area contributed by atoms with Crippen molar-refractivity contribution in [1.82, 2.24) is 4.98 Å². The van der Waals surface area contributed by atoms with Gasteiger partial charge in [0.05, 0.1) is 16.3 Å². The predicted molar refractivity (Wildman–Crippen MR) is 68.4 cm³/mol. The molecule has 100 valence electrons. The molecule has 0 amide bonds. The van der Waals surface area contributed by atoms with Gasteiger partial charge < -0.3 is 11.1 Å². The number of halogens is 4. The lowest BCUT2D eigenvalue weighted by atomic mass is 10.2. The molecule has 0 saturated heterocycles. The minimum absolute atomic E-state index is 0.120. The van der Waals surface area contributed by atoms with Gasteiger partial charge in [0.25, 0.3) is 0 Å². The van der Waals surface area contributed by atoms with E-state index in [1.807, 2.05) is 0 Å². The number of hydrogen-bond donors (Lipinski definition) is 2. The Labute approximate surface area is 112 Å². The van der Waals surface area contributed by atoms with Gasteiger partial charge in [-0.15, -0.1) is 0 Å². The standard InChI is InChI=1S/C12H9ClF3N3/c13-8-5-4-7(12(14,15)16)6-9(8)18-11-3-1-2-10(17)19-11/h1-6H,(H3,17,18,19). The molecule has 0 aliphatic heterocycles. The first-order valence-corrected chi connectivity index (χ1v) is 5.60. The number of benzene rings is 1. The summed E-state index contributed by atoms with van der Waals surface area (Å²) in [5.74, 6) is 0.578. The molecule has 3 nitrogen and oxygen atoms in total. The monoisotopic (exact) mass is 287 g/mol. The summed E-state index contributed by atoms with van der Waals surface area (Å²) in [6, 6.07) is 7.80. The fourth-order valence-corrected chi connectivity index (χ4v) is 1.62. The molecule has 1 heterocycles. The number of nitrogens with zero attached hydrogens (tertiary/aromatic N) is 1. The number of nitrogen functional groups attached to an aromatic ring is 1. The number of rotatable bonds is 2. The number of pyridine rings is 1. The highest BCUT2D eigenvalue weighted by Gasteiger charge is 2.30. The van der Waals surface area contributed by atoms with Crippen molar-refractivity contribution in [3.63, 3.8) is 0 Å². The van der Waals surface area contributed by atoms with Gasteiger partial charge in [-0.05, 0) is 30.3 Å². The molecule has 1 aromatic heterocycles. The van der Waals surface area contributed by atoms with Crippen LogP contribution >= 0.6 is 11.6 Å². The van der Waals surface area contributed by atoms with E-state index in [0.717, 1.165) is 12.1 Å². The van der Waals surface area contributed by atoms with Gasteiger partial charge in [0.15, 0.2) is 0 Å². The van der Waals surface area contributed by atoms with Gasteiger partial charge in [0, 0.05) is 0 Å². The Hall–Kier alpha value is -1.95. The lowest BCUT2D eigenvalue weighted by molar-refractivity contribution is -0.137. The van der Waals surface area contributed by atoms with Crippen molar-refractivity contribution in [3.05, 3.63) is 47.0 Å². The molecular formula is C12H9ClF3N3. The van der Waals surface area contributed by atoms with Gasteiger partial charge >= 0.3 is 6.18 Å². The number of anilines is 3. The highest BCUT2D eigenvalue weighted by atomic mass is 35.5. The Morgan fingerprint density at radius 1 is 1.16 bits per heavy atom. The van der Waals surface area contributed by atoms with Crippen molar-refractivity contribution in [3.8, 4) is 0 Å². The summed E-state index contributed by atoms with van der Waals surface area (Å²) < 4.78 is 37.8. The van der Waals surface area contributed by atoms with Crippen LogP contribution in [-0.2, 0) is 6.18 Å². The Kier molecular flexibility index (Phi) is 3.53. The van der Waals surface area contributed by atoms with Gasteiger partial charge in [-0.1, -0.05) is 17.7 Å². The lowest BCUT2D eigenvalue weighted by Gasteiger charge is -2.12. The Balaban J connectivity index is 2.34. The van der Waals surface area contributed by atoms with Crippen molar-refractivity contribution in [2.75, 3.05) is 11.1 Å². The summed E-state index contributed by atoms with van der Waals surface area (Å²) >= 11 is 5.85. The predicted octanol–water partition coefficient (Wildman–Crippen LogP) is 4.08. The van der Waals surface area contributed by atoms with Crippen LogP contribution in [0.3, 0.4) is 0 Å². The largest absolute Gasteiger partial charge is 0.416 e. The summed E-state index contributed by atoms with van der Waals surface area (Å²) in [5.41, 5.74) is 4.82. The van der Waals surface area contributed by atoms with E-state index in [1.165, 1.54) is 6.07 Å². The summed E-state index contributed by atoms with van der Waals surface area (Å²) in [4.78, 5) is 3.93. The van der Waals surface area contributed by atoms with Crippen molar-refractivity contribution in [2.24, 2.45) is 0 Å². The number of aromatic nitrogens is 1. The van der Waals surface area contributed by atoms with Crippen LogP contribution in [0.15, 0.2) is 36.4 Å². The van der Waals surface area contributed by atoms with Crippen LogP contribution in [0.2, 0.25) is 5.02 Å². The zero-order valence-electron chi connectivity index (χ0n) is 9.50. The SMILES string of the molecule is Nc1cccc(Nc2cc(C(F)(F)F)ccc2Cl)n1. The van der Waals surface area contributed by atoms with E-state index in [1.54, 1.807) is 18.2 Å². The molecule has 0 unspecified atom stereocenters. The van der Waals surface area contributed by atoms with E-state index in [-0.39, 0.29) is 16.5 Å². The number of nitrogens with one attached hydrogen (secondary N) is 1. The molecule has 19 heavy (non-hydrogen) atoms. The van der Waals surface area contributed by atoms with Gasteiger partial charge in [-0.2, -0.15) is 13.2 Å². The zero-order chi connectivity index (χ0) is 14.0. The van der Waals surface area contributed by atoms with E-state index in [0.29, 0.717) is 5.82 Å². The Morgan fingerprint density at radius 2 is 1.89 bits per heavy atom. The first-order chi connectivity index (χ1) is 8.86. The molecule has 0 bridgehead atoms. The van der Waals surface area contributed by atoms with Gasteiger partial charge in [-0.25, -0.2) is 4.98 Å². The van der Waals surface area contributed by atoms with Gasteiger partial charge in [-0.3, -0.25) is 0 Å². The fraction of sp³-hybridized carbons (Fsp3) is 0.0833. The van der Waals surface area contributed by atoms with Crippen LogP contribution in [0, 0.1) is 0 Å². The summed E-state index contributed by atoms with van der Waals surface area (Å²) in [7, 11) is 0. The van der Waals surface area contributed by atoms with Crippen molar-refractivity contribution >= 4 is 28.9 Å². The molecule has 0 radical (unpaired) electrons. The Bertz CT molecular complexity index is 599. The van der Waals surface area contributed by atoms with Crippen LogP contribution in [0.5, 0.6) is 0 Å². The molecule has 0 spiro atoms. The average molecular weight is 288 g/mol. The molecule has 7 heteroatoms. The molecular weight excluding hydrogens is 279 g/mol. The van der Waals surface area contributed by atoms with E-state index in [4.69, 9.17) is 17.3 Å². The molecule has 0 atom stereocenters. The minimum Gasteiger partial charge on any atom is -0.384 e. The Morgan fingerprint density at radius 3 is 2.53 bits per heavy atom. The first-order valence-electron chi connectivity index (χ1n) is 5.22. The average Bonchev–Trinajstić information content (AvgIpc) is 2.30. The number of hydrogen-bond acceptors (Lipinski definition) is 3. The molecule has 0 aliphatic carbocycles. The van der Waals surface area contributed by atoms with Crippen LogP contribution in [-0.4, -0.2) is 4.98 Å². The summed E-state index contributed by atoms with van der Waals surface area (Å²) in [5, 5.41) is 2.87. The van der Waals surface area contributed by atoms with Crippen molar-refractivity contribution in [1.29, 1.82) is 0 Å². The summed E-state index contributed by atoms with van der Waals surface area (Å²) in [6.45, 7) is 0. The van der Waals surface area contributed by atoms with E-state index in [2.05, 4.69) is 10.3 Å². The highest BCUT2D eigenvalue weighted by molar-refractivity contribution is 6.33. The third kappa shape index (κ3) is 3.29. The van der Waals surface area contributed by atoms with Crippen LogP contribution < -0.4 is 11.1 Å². The maximum atomic E-state index is 12.6. The molecule has 2 rings (SSSR count). The molecule has 1 aromatic carbocycles. The summed E-state index contributed by atoms with van der Waals surface area (Å²) in [6.07, 6.45) is -4.43. The minimum atomic E-state index is -4.43. The molecule has 3 N–H and O–H groups in total. The molecule has 2 aromatic rings. The maximum absolute atomic E-state index is 12.6. The van der Waals surface area contributed by atoms with Crippen molar-refractivity contribution < 1.29 is 13.2 Å². The first kappa shape index (κ1) is 13.5. The maximum Gasteiger partial charge on any atom is 0.416 e.